The van der Waals surface area contributed by atoms with E-state index in [0.29, 0.717) is 18.6 Å². The first kappa shape index (κ1) is 18.8. The van der Waals surface area contributed by atoms with Gasteiger partial charge in [0.05, 0.1) is 6.33 Å². The van der Waals surface area contributed by atoms with Crippen molar-refractivity contribution in [1.29, 1.82) is 0 Å². The fraction of sp³-hybridized carbons (Fsp3) is 0.500. The molecule has 1 atom stereocenters. The highest BCUT2D eigenvalue weighted by molar-refractivity contribution is 7.72. The monoisotopic (exact) mass is 381 g/mol. The quantitative estimate of drug-likeness (QED) is 0.293. The zero-order chi connectivity index (χ0) is 18.0. The Balaban J connectivity index is 1.86. The van der Waals surface area contributed by atoms with Crippen LogP contribution in [0.5, 0.6) is 0 Å². The van der Waals surface area contributed by atoms with Gasteiger partial charge in [-0.2, -0.15) is 4.98 Å². The molecule has 12 nitrogen and oxygen atoms in total. The van der Waals surface area contributed by atoms with Crippen molar-refractivity contribution >= 4 is 32.1 Å². The molecule has 14 heteroatoms. The Hall–Kier alpha value is -1.55. The van der Waals surface area contributed by atoms with Crippen LogP contribution in [0.25, 0.3) is 11.2 Å². The fourth-order valence-corrected chi connectivity index (χ4v) is 5.05. The topological polar surface area (TPSA) is 194 Å². The maximum Gasteiger partial charge on any atom is 0.335 e. The Labute approximate surface area is 135 Å². The molecule has 0 bridgehead atoms. The number of nitrogens with two attached hydrogens (primary N) is 1. The van der Waals surface area contributed by atoms with Crippen molar-refractivity contribution in [2.45, 2.75) is 13.0 Å². The second kappa shape index (κ2) is 7.14. The van der Waals surface area contributed by atoms with Crippen molar-refractivity contribution in [2.24, 2.45) is 0 Å². The number of nitrogen functional groups attached to an aromatic ring is 1. The minimum absolute atomic E-state index is 0.0378. The molecule has 0 spiro atoms. The lowest BCUT2D eigenvalue weighted by molar-refractivity contribution is 0.162. The molecular weight excluding hydrogens is 364 g/mol. The number of imidazole rings is 1. The molecule has 0 amide bonds. The molecule has 0 fully saturated rings. The Morgan fingerprint density at radius 1 is 1.33 bits per heavy atom. The third kappa shape index (κ3) is 5.23. The Morgan fingerprint density at radius 3 is 2.71 bits per heavy atom. The van der Waals surface area contributed by atoms with Gasteiger partial charge in [-0.3, -0.25) is 18.9 Å². The Bertz CT molecular complexity index is 872. The summed E-state index contributed by atoms with van der Waals surface area (Å²) >= 11 is 0. The summed E-state index contributed by atoms with van der Waals surface area (Å²) in [7, 11) is -8.62. The van der Waals surface area contributed by atoms with E-state index in [1.807, 2.05) is 0 Å². The van der Waals surface area contributed by atoms with Crippen molar-refractivity contribution in [3.8, 4) is 0 Å². The van der Waals surface area contributed by atoms with Gasteiger partial charge in [0, 0.05) is 13.2 Å². The average molecular weight is 381 g/mol. The zero-order valence-corrected chi connectivity index (χ0v) is 14.2. The molecule has 2 rings (SSSR count). The first-order valence-electron chi connectivity index (χ1n) is 6.71. The van der Waals surface area contributed by atoms with Crippen LogP contribution in [-0.2, 0) is 20.4 Å². The molecule has 0 aliphatic rings. The van der Waals surface area contributed by atoms with E-state index in [-0.39, 0.29) is 18.1 Å². The second-order valence-electron chi connectivity index (χ2n) is 5.10. The van der Waals surface area contributed by atoms with Crippen molar-refractivity contribution in [3.05, 3.63) is 16.7 Å². The summed E-state index contributed by atoms with van der Waals surface area (Å²) in [5, 5.41) is 0. The summed E-state index contributed by atoms with van der Waals surface area (Å²) in [6.45, 7) is 0.435. The average Bonchev–Trinajstić information content (AvgIpc) is 2.78. The number of hydrogen-bond acceptors (Lipinski definition) is 7. The number of aromatic nitrogens is 4. The molecule has 134 valence electrons. The lowest BCUT2D eigenvalue weighted by atomic mass is 10.4. The van der Waals surface area contributed by atoms with Crippen LogP contribution in [0.2, 0.25) is 0 Å². The second-order valence-corrected chi connectivity index (χ2v) is 9.52. The highest BCUT2D eigenvalue weighted by Gasteiger charge is 2.29. The third-order valence-corrected chi connectivity index (χ3v) is 6.71. The molecule has 0 aromatic carbocycles. The number of ether oxygens (including phenoxy) is 1. The first-order chi connectivity index (χ1) is 11.1. The third-order valence-electron chi connectivity index (χ3n) is 2.88. The van der Waals surface area contributed by atoms with Gasteiger partial charge in [-0.15, -0.1) is 0 Å². The van der Waals surface area contributed by atoms with Crippen molar-refractivity contribution < 1.29 is 28.5 Å². The number of anilines is 1. The first-order valence-corrected chi connectivity index (χ1v) is 10.5. The number of rotatable bonds is 8. The molecule has 0 aliphatic carbocycles. The summed E-state index contributed by atoms with van der Waals surface area (Å²) in [6.07, 6.45) is 1.17. The van der Waals surface area contributed by atoms with Crippen LogP contribution < -0.4 is 11.3 Å². The van der Waals surface area contributed by atoms with E-state index in [0.717, 1.165) is 0 Å². The molecule has 0 saturated heterocycles. The Morgan fingerprint density at radius 2 is 2.04 bits per heavy atom. The fourth-order valence-electron chi connectivity index (χ4n) is 2.01. The number of aryl methyl sites for hydroxylation is 1. The SMILES string of the molecule is Nc1nc2c(ncn2CCCOCP(=O)(O)CP(=O)(O)O)c(=O)[nH]1. The number of hydrogen-bond donors (Lipinski definition) is 5. The number of H-pyrrole nitrogens is 1. The lowest BCUT2D eigenvalue weighted by Crippen LogP contribution is -2.12. The van der Waals surface area contributed by atoms with Crippen molar-refractivity contribution in [1.82, 2.24) is 19.5 Å². The van der Waals surface area contributed by atoms with Crippen molar-refractivity contribution in [3.63, 3.8) is 0 Å². The van der Waals surface area contributed by atoms with Crippen LogP contribution in [-0.4, -0.2) is 53.1 Å². The van der Waals surface area contributed by atoms with Gasteiger partial charge in [0.2, 0.25) is 13.3 Å². The minimum atomic E-state index is -4.58. The van der Waals surface area contributed by atoms with Gasteiger partial charge in [0.15, 0.2) is 11.2 Å². The number of nitrogens with zero attached hydrogens (tertiary/aromatic N) is 3. The van der Waals surface area contributed by atoms with E-state index in [2.05, 4.69) is 15.0 Å². The van der Waals surface area contributed by atoms with Gasteiger partial charge in [-0.25, -0.2) is 4.98 Å². The normalized spacial score (nSPS) is 14.8. The maximum absolute atomic E-state index is 11.6. The molecule has 0 saturated carbocycles. The predicted octanol–water partition coefficient (Wildman–Crippen LogP) is -0.528. The molecular formula is C10H17N5O7P2. The van der Waals surface area contributed by atoms with Gasteiger partial charge in [0.1, 0.15) is 12.3 Å². The van der Waals surface area contributed by atoms with Gasteiger partial charge < -0.3 is 29.7 Å². The molecule has 2 aromatic rings. The molecule has 2 heterocycles. The summed E-state index contributed by atoms with van der Waals surface area (Å²) in [5.41, 5.74) is 5.48. The molecule has 0 radical (unpaired) electrons. The van der Waals surface area contributed by atoms with Gasteiger partial charge in [-0.1, -0.05) is 0 Å². The molecule has 1 unspecified atom stereocenters. The summed E-state index contributed by atoms with van der Waals surface area (Å²) in [4.78, 5) is 48.6. The van der Waals surface area contributed by atoms with E-state index in [4.69, 9.17) is 20.3 Å². The van der Waals surface area contributed by atoms with Crippen molar-refractivity contribution in [2.75, 3.05) is 24.6 Å². The molecule has 24 heavy (non-hydrogen) atoms. The largest absolute Gasteiger partial charge is 0.371 e. The predicted molar refractivity (Wildman–Crippen MR) is 84.7 cm³/mol. The van der Waals surface area contributed by atoms with E-state index < -0.39 is 32.8 Å². The number of fused-ring (bicyclic) bond motifs is 1. The van der Waals surface area contributed by atoms with E-state index >= 15 is 0 Å². The van der Waals surface area contributed by atoms with E-state index in [1.54, 1.807) is 4.57 Å². The van der Waals surface area contributed by atoms with Gasteiger partial charge in [0.25, 0.3) is 5.56 Å². The summed E-state index contributed by atoms with van der Waals surface area (Å²) in [5.74, 6) is -1.15. The summed E-state index contributed by atoms with van der Waals surface area (Å²) < 4.78 is 28.8. The number of aromatic amines is 1. The lowest BCUT2D eigenvalue weighted by Gasteiger charge is -2.12. The van der Waals surface area contributed by atoms with Crippen LogP contribution in [0.1, 0.15) is 6.42 Å². The highest BCUT2D eigenvalue weighted by atomic mass is 31.2. The van der Waals surface area contributed by atoms with Crippen LogP contribution in [0.15, 0.2) is 11.1 Å². The van der Waals surface area contributed by atoms with Crippen LogP contribution >= 0.6 is 15.0 Å². The minimum Gasteiger partial charge on any atom is -0.371 e. The standard InChI is InChI=1S/C10H17N5O7P2/c11-10-13-8-7(9(16)14-10)12-4-15(8)2-1-3-22-5-23(17,18)6-24(19,20)21/h4H,1-3,5-6H2,(H,17,18)(H2,19,20,21)(H3,11,13,14,16). The van der Waals surface area contributed by atoms with E-state index in [9.17, 15) is 18.8 Å². The van der Waals surface area contributed by atoms with Gasteiger partial charge in [-0.05, 0) is 6.42 Å². The van der Waals surface area contributed by atoms with Crippen LogP contribution in [0.4, 0.5) is 5.95 Å². The van der Waals surface area contributed by atoms with Crippen LogP contribution in [0.3, 0.4) is 0 Å². The summed E-state index contributed by atoms with van der Waals surface area (Å²) in [6, 6.07) is 0. The smallest absolute Gasteiger partial charge is 0.335 e. The van der Waals surface area contributed by atoms with Gasteiger partial charge >= 0.3 is 7.60 Å². The van der Waals surface area contributed by atoms with E-state index in [1.165, 1.54) is 6.33 Å². The molecule has 0 aliphatic heterocycles. The molecule has 2 aromatic heterocycles. The molecule has 6 N–H and O–H groups in total. The highest BCUT2D eigenvalue weighted by Crippen LogP contribution is 2.54. The maximum atomic E-state index is 11.6. The zero-order valence-electron chi connectivity index (χ0n) is 12.4. The Kier molecular flexibility index (Phi) is 5.59. The van der Waals surface area contributed by atoms with Crippen LogP contribution in [0, 0.1) is 0 Å². The number of nitrogens with one attached hydrogen (secondary N) is 1.